The molecule has 1 aromatic carbocycles. The largest absolute Gasteiger partial charge is 0.417 e. The Balaban J connectivity index is 2.73. The van der Waals surface area contributed by atoms with E-state index in [-0.39, 0.29) is 11.4 Å². The first-order valence-corrected chi connectivity index (χ1v) is 5.70. The van der Waals surface area contributed by atoms with E-state index in [1.165, 1.54) is 6.07 Å². The molecule has 98 valence electrons. The van der Waals surface area contributed by atoms with Crippen LogP contribution in [0, 0.1) is 0 Å². The molecule has 0 aliphatic rings. The number of nitrogens with zero attached hydrogens (tertiary/aromatic N) is 1. The van der Waals surface area contributed by atoms with E-state index in [1.54, 1.807) is 30.8 Å². The van der Waals surface area contributed by atoms with Crippen molar-refractivity contribution in [3.63, 3.8) is 0 Å². The molecule has 18 heavy (non-hydrogen) atoms. The Morgan fingerprint density at radius 2 is 2.00 bits per heavy atom. The van der Waals surface area contributed by atoms with Gasteiger partial charge in [0.2, 0.25) is 0 Å². The van der Waals surface area contributed by atoms with Crippen molar-refractivity contribution in [1.82, 2.24) is 4.57 Å². The second-order valence-corrected chi connectivity index (χ2v) is 4.64. The van der Waals surface area contributed by atoms with Gasteiger partial charge in [-0.25, -0.2) is 0 Å². The van der Waals surface area contributed by atoms with Crippen LogP contribution in [0.3, 0.4) is 0 Å². The molecule has 1 unspecified atom stereocenters. The molecular formula is C13H15F3N2. The Hall–Kier alpha value is -1.49. The Kier molecular flexibility index (Phi) is 3.11. The van der Waals surface area contributed by atoms with Gasteiger partial charge in [-0.2, -0.15) is 13.2 Å². The predicted molar refractivity (Wildman–Crippen MR) is 65.3 cm³/mol. The van der Waals surface area contributed by atoms with Crippen LogP contribution in [0.4, 0.5) is 13.2 Å². The lowest BCUT2D eigenvalue weighted by Gasteiger charge is -2.11. The molecule has 0 radical (unpaired) electrons. The van der Waals surface area contributed by atoms with Crippen LogP contribution in [0.1, 0.15) is 18.1 Å². The number of halogens is 3. The fourth-order valence-corrected chi connectivity index (χ4v) is 2.28. The van der Waals surface area contributed by atoms with Gasteiger partial charge in [-0.3, -0.25) is 0 Å². The number of aromatic nitrogens is 1. The molecule has 2 rings (SSSR count). The summed E-state index contributed by atoms with van der Waals surface area (Å²) >= 11 is 0. The summed E-state index contributed by atoms with van der Waals surface area (Å²) in [5, 5.41) is 0.268. The van der Waals surface area contributed by atoms with E-state index in [2.05, 4.69) is 0 Å². The van der Waals surface area contributed by atoms with Gasteiger partial charge in [-0.1, -0.05) is 6.07 Å². The first-order chi connectivity index (χ1) is 8.30. The molecule has 0 spiro atoms. The molecule has 1 atom stereocenters. The number of nitrogens with two attached hydrogens (primary N) is 1. The minimum Gasteiger partial charge on any atom is -0.350 e. The quantitative estimate of drug-likeness (QED) is 0.879. The van der Waals surface area contributed by atoms with Gasteiger partial charge in [0.15, 0.2) is 0 Å². The van der Waals surface area contributed by atoms with Crippen molar-refractivity contribution in [2.75, 3.05) is 0 Å². The fraction of sp³-hybridized carbons (Fsp3) is 0.385. The normalized spacial score (nSPS) is 14.1. The van der Waals surface area contributed by atoms with E-state index in [0.29, 0.717) is 17.5 Å². The van der Waals surface area contributed by atoms with Crippen molar-refractivity contribution < 1.29 is 13.2 Å². The van der Waals surface area contributed by atoms with Gasteiger partial charge < -0.3 is 10.3 Å². The zero-order valence-corrected chi connectivity index (χ0v) is 10.3. The lowest BCUT2D eigenvalue weighted by Crippen LogP contribution is -2.18. The standard InChI is InChI=1S/C13H15F3N2/c1-8(17)6-9-7-18(2)11-5-3-4-10(12(9)11)13(14,15)16/h3-5,7-8H,6,17H2,1-2H3. The van der Waals surface area contributed by atoms with Gasteiger partial charge >= 0.3 is 6.18 Å². The van der Waals surface area contributed by atoms with Gasteiger partial charge in [0, 0.05) is 30.2 Å². The summed E-state index contributed by atoms with van der Waals surface area (Å²) in [7, 11) is 1.74. The van der Waals surface area contributed by atoms with Crippen LogP contribution >= 0.6 is 0 Å². The predicted octanol–water partition coefficient (Wildman–Crippen LogP) is 3.09. The maximum atomic E-state index is 13.0. The second kappa shape index (κ2) is 4.31. The SMILES string of the molecule is CC(N)Cc1cn(C)c2cccc(C(F)(F)F)c12. The Morgan fingerprint density at radius 1 is 1.33 bits per heavy atom. The molecule has 2 N–H and O–H groups in total. The molecule has 0 aliphatic carbocycles. The summed E-state index contributed by atoms with van der Waals surface area (Å²) in [6.45, 7) is 1.79. The van der Waals surface area contributed by atoms with E-state index in [1.807, 2.05) is 0 Å². The highest BCUT2D eigenvalue weighted by atomic mass is 19.4. The third-order valence-electron chi connectivity index (χ3n) is 2.94. The van der Waals surface area contributed by atoms with Crippen LogP contribution < -0.4 is 5.73 Å². The molecule has 0 bridgehead atoms. The number of fused-ring (bicyclic) bond motifs is 1. The average Bonchev–Trinajstić information content (AvgIpc) is 2.54. The van der Waals surface area contributed by atoms with Crippen molar-refractivity contribution in [2.45, 2.75) is 25.6 Å². The molecule has 2 aromatic rings. The molecule has 1 heterocycles. The van der Waals surface area contributed by atoms with E-state index < -0.39 is 11.7 Å². The second-order valence-electron chi connectivity index (χ2n) is 4.64. The van der Waals surface area contributed by atoms with E-state index >= 15 is 0 Å². The number of rotatable bonds is 2. The summed E-state index contributed by atoms with van der Waals surface area (Å²) in [6, 6.07) is 4.07. The molecule has 5 heteroatoms. The van der Waals surface area contributed by atoms with Crippen LogP contribution in [0.2, 0.25) is 0 Å². The van der Waals surface area contributed by atoms with Crippen molar-refractivity contribution in [1.29, 1.82) is 0 Å². The van der Waals surface area contributed by atoms with Crippen LogP contribution in [-0.4, -0.2) is 10.6 Å². The lowest BCUT2D eigenvalue weighted by atomic mass is 10.0. The Labute approximate surface area is 103 Å². The molecule has 2 nitrogen and oxygen atoms in total. The van der Waals surface area contributed by atoms with Gasteiger partial charge in [-0.15, -0.1) is 0 Å². The van der Waals surface area contributed by atoms with Gasteiger partial charge in [0.1, 0.15) is 0 Å². The molecule has 0 saturated carbocycles. The lowest BCUT2D eigenvalue weighted by molar-refractivity contribution is -0.136. The molecule has 0 fully saturated rings. The van der Waals surface area contributed by atoms with Gasteiger partial charge in [-0.05, 0) is 31.0 Å². The highest BCUT2D eigenvalue weighted by molar-refractivity contribution is 5.88. The number of alkyl halides is 3. The smallest absolute Gasteiger partial charge is 0.350 e. The third-order valence-corrected chi connectivity index (χ3v) is 2.94. The highest BCUT2D eigenvalue weighted by Gasteiger charge is 2.33. The first kappa shape index (κ1) is 13.0. The molecule has 1 aromatic heterocycles. The monoisotopic (exact) mass is 256 g/mol. The summed E-state index contributed by atoms with van der Waals surface area (Å²) in [4.78, 5) is 0. The summed E-state index contributed by atoms with van der Waals surface area (Å²) < 4.78 is 40.7. The van der Waals surface area contributed by atoms with Crippen LogP contribution in [-0.2, 0) is 19.6 Å². The van der Waals surface area contributed by atoms with Crippen molar-refractivity contribution >= 4 is 10.9 Å². The maximum absolute atomic E-state index is 13.0. The average molecular weight is 256 g/mol. The topological polar surface area (TPSA) is 30.9 Å². The fourth-order valence-electron chi connectivity index (χ4n) is 2.28. The zero-order valence-electron chi connectivity index (χ0n) is 10.3. The number of aryl methyl sites for hydroxylation is 1. The zero-order chi connectivity index (χ0) is 13.5. The molecule has 0 aliphatic heterocycles. The van der Waals surface area contributed by atoms with E-state index in [4.69, 9.17) is 5.73 Å². The van der Waals surface area contributed by atoms with Gasteiger partial charge in [0.05, 0.1) is 5.56 Å². The summed E-state index contributed by atoms with van der Waals surface area (Å²) in [5.41, 5.74) is 6.34. The molecule has 0 saturated heterocycles. The number of hydrogen-bond acceptors (Lipinski definition) is 1. The van der Waals surface area contributed by atoms with Crippen LogP contribution in [0.5, 0.6) is 0 Å². The minimum absolute atomic E-state index is 0.170. The van der Waals surface area contributed by atoms with Crippen LogP contribution in [0.25, 0.3) is 10.9 Å². The van der Waals surface area contributed by atoms with Crippen molar-refractivity contribution in [3.05, 3.63) is 35.5 Å². The Bertz CT molecular complexity index is 567. The molecular weight excluding hydrogens is 241 g/mol. The van der Waals surface area contributed by atoms with Gasteiger partial charge in [0.25, 0.3) is 0 Å². The van der Waals surface area contributed by atoms with Crippen LogP contribution in [0.15, 0.2) is 24.4 Å². The maximum Gasteiger partial charge on any atom is 0.417 e. The summed E-state index contributed by atoms with van der Waals surface area (Å²) in [5.74, 6) is 0. The van der Waals surface area contributed by atoms with Crippen molar-refractivity contribution in [2.24, 2.45) is 12.8 Å². The highest BCUT2D eigenvalue weighted by Crippen LogP contribution is 2.37. The minimum atomic E-state index is -4.34. The number of hydrogen-bond donors (Lipinski definition) is 1. The van der Waals surface area contributed by atoms with Crippen molar-refractivity contribution in [3.8, 4) is 0 Å². The third kappa shape index (κ3) is 2.22. The summed E-state index contributed by atoms with van der Waals surface area (Å²) in [6.07, 6.45) is -2.18. The first-order valence-electron chi connectivity index (χ1n) is 5.70. The van der Waals surface area contributed by atoms with E-state index in [9.17, 15) is 13.2 Å². The number of benzene rings is 1. The Morgan fingerprint density at radius 3 is 2.56 bits per heavy atom. The van der Waals surface area contributed by atoms with E-state index in [0.717, 1.165) is 6.07 Å². The molecule has 0 amide bonds.